The molecule has 0 aromatic carbocycles. The van der Waals surface area contributed by atoms with Gasteiger partial charge in [-0.3, -0.25) is 0 Å². The van der Waals surface area contributed by atoms with Gasteiger partial charge in [-0.2, -0.15) is 4.31 Å². The van der Waals surface area contributed by atoms with Crippen LogP contribution in [0.3, 0.4) is 0 Å². The van der Waals surface area contributed by atoms with Crippen LogP contribution in [0.4, 0.5) is 0 Å². The molecule has 1 aliphatic rings. The van der Waals surface area contributed by atoms with Gasteiger partial charge in [0.25, 0.3) is 0 Å². The largest absolute Gasteiger partial charge is 0.379 e. The fourth-order valence-electron chi connectivity index (χ4n) is 2.19. The summed E-state index contributed by atoms with van der Waals surface area (Å²) in [6, 6.07) is 0. The van der Waals surface area contributed by atoms with Crippen molar-refractivity contribution in [1.29, 1.82) is 0 Å². The Morgan fingerprint density at radius 1 is 1.12 bits per heavy atom. The predicted octanol–water partition coefficient (Wildman–Crippen LogP) is 0.961. The molecule has 0 aliphatic carbocycles. The quantitative estimate of drug-likeness (QED) is 0.859. The smallest absolute Gasteiger partial charge is 0.245 e. The van der Waals surface area contributed by atoms with Crippen LogP contribution in [-0.4, -0.2) is 44.0 Å². The van der Waals surface area contributed by atoms with Gasteiger partial charge in [-0.05, 0) is 26.3 Å². The summed E-state index contributed by atoms with van der Waals surface area (Å²) in [5, 5.41) is 0. The van der Waals surface area contributed by atoms with Crippen LogP contribution in [0.25, 0.3) is 0 Å². The molecule has 0 bridgehead atoms. The molecule has 0 radical (unpaired) electrons. The van der Waals surface area contributed by atoms with Gasteiger partial charge < -0.3 is 9.72 Å². The Balaban J connectivity index is 2.43. The monoisotopic (exact) mass is 258 g/mol. The Morgan fingerprint density at radius 3 is 2.18 bits per heavy atom. The Kier molecular flexibility index (Phi) is 3.29. The highest BCUT2D eigenvalue weighted by atomic mass is 32.2. The van der Waals surface area contributed by atoms with Crippen molar-refractivity contribution >= 4 is 10.0 Å². The third-order valence-corrected chi connectivity index (χ3v) is 5.36. The van der Waals surface area contributed by atoms with E-state index in [1.54, 1.807) is 6.92 Å². The second-order valence-electron chi connectivity index (χ2n) is 4.35. The molecule has 2 rings (SSSR count). The van der Waals surface area contributed by atoms with Gasteiger partial charge in [0.2, 0.25) is 10.0 Å². The number of aryl methyl sites for hydroxylation is 2. The molecule has 2 heterocycles. The van der Waals surface area contributed by atoms with Crippen LogP contribution in [-0.2, 0) is 14.8 Å². The third-order valence-electron chi connectivity index (χ3n) is 3.19. The van der Waals surface area contributed by atoms with Gasteiger partial charge in [-0.1, -0.05) is 0 Å². The molecular weight excluding hydrogens is 240 g/mol. The first-order valence-electron chi connectivity index (χ1n) is 5.68. The van der Waals surface area contributed by atoms with Crippen molar-refractivity contribution in [2.24, 2.45) is 0 Å². The highest BCUT2D eigenvalue weighted by molar-refractivity contribution is 7.89. The van der Waals surface area contributed by atoms with Gasteiger partial charge in [-0.15, -0.1) is 0 Å². The van der Waals surface area contributed by atoms with Crippen LogP contribution in [0.1, 0.15) is 17.0 Å². The molecule has 0 atom stereocenters. The maximum absolute atomic E-state index is 12.5. The van der Waals surface area contributed by atoms with Crippen molar-refractivity contribution in [2.45, 2.75) is 25.7 Å². The molecule has 6 heteroatoms. The molecule has 0 spiro atoms. The Bertz CT molecular complexity index is 513. The summed E-state index contributed by atoms with van der Waals surface area (Å²) in [7, 11) is -3.38. The van der Waals surface area contributed by atoms with Crippen LogP contribution in [0.15, 0.2) is 4.90 Å². The van der Waals surface area contributed by atoms with E-state index >= 15 is 0 Å². The topological polar surface area (TPSA) is 62.4 Å². The summed E-state index contributed by atoms with van der Waals surface area (Å²) < 4.78 is 31.7. The SMILES string of the molecule is Cc1[nH]c(C)c(S(=O)(=O)N2CCOCC2)c1C. The standard InChI is InChI=1S/C11H18N2O3S/c1-8-9(2)12-10(3)11(8)17(14,15)13-4-6-16-7-5-13/h12H,4-7H2,1-3H3. The van der Waals surface area contributed by atoms with Crippen molar-refractivity contribution in [3.8, 4) is 0 Å². The number of sulfonamides is 1. The third kappa shape index (κ3) is 2.12. The minimum absolute atomic E-state index is 0.428. The van der Waals surface area contributed by atoms with E-state index in [0.717, 1.165) is 11.3 Å². The lowest BCUT2D eigenvalue weighted by molar-refractivity contribution is 0.0730. The van der Waals surface area contributed by atoms with Gasteiger partial charge in [0, 0.05) is 24.5 Å². The lowest BCUT2D eigenvalue weighted by Gasteiger charge is -2.26. The van der Waals surface area contributed by atoms with E-state index in [0.29, 0.717) is 36.9 Å². The van der Waals surface area contributed by atoms with Gasteiger partial charge in [-0.25, -0.2) is 8.42 Å². The number of rotatable bonds is 2. The molecule has 1 aromatic heterocycles. The highest BCUT2D eigenvalue weighted by Gasteiger charge is 2.30. The molecule has 96 valence electrons. The second-order valence-corrected chi connectivity index (χ2v) is 6.22. The van der Waals surface area contributed by atoms with E-state index in [1.807, 2.05) is 13.8 Å². The summed E-state index contributed by atoms with van der Waals surface area (Å²) in [6.45, 7) is 7.35. The first-order valence-corrected chi connectivity index (χ1v) is 7.12. The molecule has 17 heavy (non-hydrogen) atoms. The van der Waals surface area contributed by atoms with Crippen LogP contribution >= 0.6 is 0 Å². The van der Waals surface area contributed by atoms with E-state index in [9.17, 15) is 8.42 Å². The average Bonchev–Trinajstić information content (AvgIpc) is 2.54. The summed E-state index contributed by atoms with van der Waals surface area (Å²) in [5.74, 6) is 0. The molecule has 1 aliphatic heterocycles. The number of hydrogen-bond donors (Lipinski definition) is 1. The maximum atomic E-state index is 12.5. The van der Waals surface area contributed by atoms with Crippen LogP contribution < -0.4 is 0 Å². The normalized spacial score (nSPS) is 18.5. The minimum atomic E-state index is -3.38. The second kappa shape index (κ2) is 4.44. The lowest BCUT2D eigenvalue weighted by atomic mass is 10.3. The Labute approximate surface area is 102 Å². The fraction of sp³-hybridized carbons (Fsp3) is 0.636. The highest BCUT2D eigenvalue weighted by Crippen LogP contribution is 2.26. The number of nitrogens with zero attached hydrogens (tertiary/aromatic N) is 1. The van der Waals surface area contributed by atoms with Crippen LogP contribution in [0, 0.1) is 20.8 Å². The number of aromatic nitrogens is 1. The van der Waals surface area contributed by atoms with Crippen molar-refractivity contribution in [1.82, 2.24) is 9.29 Å². The van der Waals surface area contributed by atoms with Crippen molar-refractivity contribution in [3.05, 3.63) is 17.0 Å². The maximum Gasteiger partial charge on any atom is 0.245 e. The number of ether oxygens (including phenoxy) is 1. The molecule has 1 fully saturated rings. The summed E-state index contributed by atoms with van der Waals surface area (Å²) >= 11 is 0. The van der Waals surface area contributed by atoms with E-state index in [4.69, 9.17) is 4.74 Å². The molecule has 1 saturated heterocycles. The zero-order chi connectivity index (χ0) is 12.6. The molecule has 1 aromatic rings. The number of aromatic amines is 1. The van der Waals surface area contributed by atoms with Crippen LogP contribution in [0.5, 0.6) is 0 Å². The molecule has 0 amide bonds. The zero-order valence-corrected chi connectivity index (χ0v) is 11.2. The first kappa shape index (κ1) is 12.6. The molecule has 1 N–H and O–H groups in total. The predicted molar refractivity (Wildman–Crippen MR) is 64.6 cm³/mol. The van der Waals surface area contributed by atoms with E-state index in [1.165, 1.54) is 4.31 Å². The number of hydrogen-bond acceptors (Lipinski definition) is 3. The lowest BCUT2D eigenvalue weighted by Crippen LogP contribution is -2.40. The summed E-state index contributed by atoms with van der Waals surface area (Å²) in [4.78, 5) is 3.51. The molecular formula is C11H18N2O3S. The van der Waals surface area contributed by atoms with Crippen molar-refractivity contribution < 1.29 is 13.2 Å². The Morgan fingerprint density at radius 2 is 1.71 bits per heavy atom. The number of morpholine rings is 1. The average molecular weight is 258 g/mol. The van der Waals surface area contributed by atoms with E-state index in [2.05, 4.69) is 4.98 Å². The van der Waals surface area contributed by atoms with Gasteiger partial charge in [0.15, 0.2) is 0 Å². The van der Waals surface area contributed by atoms with Crippen molar-refractivity contribution in [3.63, 3.8) is 0 Å². The minimum Gasteiger partial charge on any atom is -0.379 e. The van der Waals surface area contributed by atoms with E-state index in [-0.39, 0.29) is 0 Å². The molecule has 0 saturated carbocycles. The molecule has 0 unspecified atom stereocenters. The van der Waals surface area contributed by atoms with Crippen LogP contribution in [0.2, 0.25) is 0 Å². The number of H-pyrrole nitrogens is 1. The first-order chi connectivity index (χ1) is 7.94. The summed E-state index contributed by atoms with van der Waals surface area (Å²) in [5.41, 5.74) is 2.44. The van der Waals surface area contributed by atoms with Crippen molar-refractivity contribution in [2.75, 3.05) is 26.3 Å². The van der Waals surface area contributed by atoms with Gasteiger partial charge in [0.1, 0.15) is 4.90 Å². The fourth-order valence-corrected chi connectivity index (χ4v) is 4.05. The van der Waals surface area contributed by atoms with E-state index < -0.39 is 10.0 Å². The Hall–Kier alpha value is -0.850. The molecule has 5 nitrogen and oxygen atoms in total. The summed E-state index contributed by atoms with van der Waals surface area (Å²) in [6.07, 6.45) is 0. The number of nitrogens with one attached hydrogen (secondary N) is 1. The zero-order valence-electron chi connectivity index (χ0n) is 10.4. The van der Waals surface area contributed by atoms with Gasteiger partial charge >= 0.3 is 0 Å². The van der Waals surface area contributed by atoms with Gasteiger partial charge in [0.05, 0.1) is 13.2 Å².